The maximum absolute atomic E-state index is 6.48. The number of rotatable bonds is 10. The Morgan fingerprint density at radius 3 is 2.34 bits per heavy atom. The number of hydrogen-bond acceptors (Lipinski definition) is 2. The third kappa shape index (κ3) is 6.96. The van der Waals surface area contributed by atoms with E-state index in [-0.39, 0.29) is 5.16 Å². The summed E-state index contributed by atoms with van der Waals surface area (Å²) in [5.41, 5.74) is 6.76. The van der Waals surface area contributed by atoms with Crippen molar-refractivity contribution in [2.75, 3.05) is 13.1 Å². The largest absolute Gasteiger partial charge is 0.489 e. The lowest BCUT2D eigenvalue weighted by Crippen LogP contribution is -2.31. The van der Waals surface area contributed by atoms with Crippen molar-refractivity contribution in [1.82, 2.24) is 4.90 Å². The van der Waals surface area contributed by atoms with E-state index in [0.717, 1.165) is 25.1 Å². The number of nitrogens with zero attached hydrogens (tertiary/aromatic N) is 1. The Bertz CT molecular complexity index is 1090. The fourth-order valence-electron chi connectivity index (χ4n) is 5.33. The van der Waals surface area contributed by atoms with Gasteiger partial charge in [-0.1, -0.05) is 107 Å². The average molecular weight is 488 g/mol. The molecule has 0 aromatic heterocycles. The van der Waals surface area contributed by atoms with Gasteiger partial charge in [0.1, 0.15) is 12.4 Å². The van der Waals surface area contributed by atoms with E-state index in [4.69, 9.17) is 4.74 Å². The molecule has 35 heavy (non-hydrogen) atoms. The Labute approximate surface area is 214 Å². The van der Waals surface area contributed by atoms with Gasteiger partial charge >= 0.3 is 0 Å². The molecule has 2 atom stereocenters. The molecule has 0 bridgehead atoms. The standard InChI is InChI=1S/C32H42NOP/c1-5-18-32(4,29-22-26(3)14-16-30(29)34-24-27-12-8-6-9-13-27)35-31-17-15-25(2)21-28(31)23-33-19-10-7-11-20-33/h6,8-9,12-17,21-22,35H,5,7,10-11,18-20,23-24H2,1-4H3. The van der Waals surface area contributed by atoms with Gasteiger partial charge in [0.05, 0.1) is 0 Å². The zero-order valence-corrected chi connectivity index (χ0v) is 23.1. The molecule has 2 unspecified atom stereocenters. The first-order valence-electron chi connectivity index (χ1n) is 13.3. The molecule has 3 heteroatoms. The summed E-state index contributed by atoms with van der Waals surface area (Å²) in [6, 6.07) is 24.4. The molecule has 0 amide bonds. The Morgan fingerprint density at radius 2 is 1.60 bits per heavy atom. The Kier molecular flexibility index (Phi) is 9.04. The van der Waals surface area contributed by atoms with Gasteiger partial charge in [0.25, 0.3) is 0 Å². The molecular formula is C32H42NOP. The predicted octanol–water partition coefficient (Wildman–Crippen LogP) is 7.89. The van der Waals surface area contributed by atoms with E-state index < -0.39 is 0 Å². The Morgan fingerprint density at radius 1 is 0.886 bits per heavy atom. The molecule has 1 saturated heterocycles. The maximum atomic E-state index is 6.48. The minimum atomic E-state index is 0.0404. The van der Waals surface area contributed by atoms with Gasteiger partial charge in [0.15, 0.2) is 0 Å². The summed E-state index contributed by atoms with van der Waals surface area (Å²) in [6.07, 6.45) is 6.36. The number of ether oxygens (including phenoxy) is 1. The third-order valence-corrected chi connectivity index (χ3v) is 9.06. The van der Waals surface area contributed by atoms with E-state index in [1.54, 1.807) is 0 Å². The van der Waals surface area contributed by atoms with Crippen LogP contribution in [0.25, 0.3) is 0 Å². The SMILES string of the molecule is CCCC(C)(Pc1ccc(C)cc1CN1CCCCC1)c1cc(C)ccc1OCc1ccccc1. The molecule has 1 fully saturated rings. The first-order chi connectivity index (χ1) is 17.0. The summed E-state index contributed by atoms with van der Waals surface area (Å²) >= 11 is 0. The van der Waals surface area contributed by atoms with Crippen LogP contribution in [-0.4, -0.2) is 18.0 Å². The van der Waals surface area contributed by atoms with Crippen molar-refractivity contribution in [2.24, 2.45) is 0 Å². The van der Waals surface area contributed by atoms with Crippen LogP contribution in [0.1, 0.15) is 73.8 Å². The van der Waals surface area contributed by atoms with E-state index in [1.807, 2.05) is 0 Å². The molecule has 186 valence electrons. The van der Waals surface area contributed by atoms with Gasteiger partial charge < -0.3 is 4.74 Å². The lowest BCUT2D eigenvalue weighted by molar-refractivity contribution is 0.221. The Hall–Kier alpha value is -2.15. The molecule has 0 N–H and O–H groups in total. The highest BCUT2D eigenvalue weighted by molar-refractivity contribution is 7.48. The first-order valence-corrected chi connectivity index (χ1v) is 14.3. The maximum Gasteiger partial charge on any atom is 0.123 e. The second-order valence-corrected chi connectivity index (χ2v) is 12.4. The van der Waals surface area contributed by atoms with Crippen molar-refractivity contribution in [3.8, 4) is 5.75 Å². The second kappa shape index (κ2) is 12.2. The van der Waals surface area contributed by atoms with Gasteiger partial charge in [-0.2, -0.15) is 0 Å². The van der Waals surface area contributed by atoms with Crippen molar-refractivity contribution in [2.45, 2.75) is 78.1 Å². The monoisotopic (exact) mass is 487 g/mol. The van der Waals surface area contributed by atoms with Gasteiger partial charge in [-0.3, -0.25) is 4.90 Å². The fraction of sp³-hybridized carbons (Fsp3) is 0.438. The number of hydrogen-bond donors (Lipinski definition) is 0. The molecule has 1 aliphatic rings. The highest BCUT2D eigenvalue weighted by Gasteiger charge is 2.31. The minimum absolute atomic E-state index is 0.0404. The van der Waals surface area contributed by atoms with E-state index in [2.05, 4.69) is 99.3 Å². The van der Waals surface area contributed by atoms with Gasteiger partial charge in [-0.05, 0) is 68.7 Å². The number of likely N-dealkylation sites (tertiary alicyclic amines) is 1. The molecule has 0 saturated carbocycles. The molecule has 0 radical (unpaired) electrons. The first kappa shape index (κ1) is 25.9. The fourth-order valence-corrected chi connectivity index (χ4v) is 7.11. The van der Waals surface area contributed by atoms with Crippen LogP contribution >= 0.6 is 8.58 Å². The highest BCUT2D eigenvalue weighted by atomic mass is 31.1. The summed E-state index contributed by atoms with van der Waals surface area (Å²) in [5, 5.41) is 1.56. The van der Waals surface area contributed by atoms with Crippen LogP contribution in [0.15, 0.2) is 66.7 Å². The number of benzene rings is 3. The van der Waals surface area contributed by atoms with Gasteiger partial charge in [0.2, 0.25) is 0 Å². The molecule has 0 spiro atoms. The van der Waals surface area contributed by atoms with Crippen LogP contribution in [0, 0.1) is 13.8 Å². The highest BCUT2D eigenvalue weighted by Crippen LogP contribution is 2.49. The van der Waals surface area contributed by atoms with Crippen LogP contribution in [0.5, 0.6) is 5.75 Å². The molecule has 3 aromatic rings. The lowest BCUT2D eigenvalue weighted by Gasteiger charge is -2.34. The summed E-state index contributed by atoms with van der Waals surface area (Å²) in [7, 11) is 0.706. The predicted molar refractivity (Wildman–Crippen MR) is 152 cm³/mol. The van der Waals surface area contributed by atoms with Crippen LogP contribution in [0.4, 0.5) is 0 Å². The smallest absolute Gasteiger partial charge is 0.123 e. The quantitative estimate of drug-likeness (QED) is 0.270. The van der Waals surface area contributed by atoms with Crippen LogP contribution in [0.3, 0.4) is 0 Å². The molecule has 2 nitrogen and oxygen atoms in total. The second-order valence-electron chi connectivity index (χ2n) is 10.5. The van der Waals surface area contributed by atoms with Gasteiger partial charge in [-0.25, -0.2) is 0 Å². The molecular weight excluding hydrogens is 445 g/mol. The summed E-state index contributed by atoms with van der Waals surface area (Å²) < 4.78 is 6.48. The third-order valence-electron chi connectivity index (χ3n) is 7.23. The lowest BCUT2D eigenvalue weighted by atomic mass is 9.93. The zero-order chi connectivity index (χ0) is 24.7. The Balaban J connectivity index is 1.64. The van der Waals surface area contributed by atoms with Crippen molar-refractivity contribution in [3.05, 3.63) is 94.5 Å². The van der Waals surface area contributed by atoms with Crippen LogP contribution in [0.2, 0.25) is 0 Å². The van der Waals surface area contributed by atoms with Crippen molar-refractivity contribution < 1.29 is 4.74 Å². The van der Waals surface area contributed by atoms with E-state index in [0.29, 0.717) is 15.2 Å². The molecule has 3 aromatic carbocycles. The van der Waals surface area contributed by atoms with Crippen molar-refractivity contribution in [3.63, 3.8) is 0 Å². The summed E-state index contributed by atoms with van der Waals surface area (Å²) in [4.78, 5) is 2.66. The molecule has 4 rings (SSSR count). The van der Waals surface area contributed by atoms with E-state index in [9.17, 15) is 0 Å². The van der Waals surface area contributed by atoms with Crippen LogP contribution in [-0.2, 0) is 18.3 Å². The summed E-state index contributed by atoms with van der Waals surface area (Å²) in [5.74, 6) is 1.03. The number of aryl methyl sites for hydroxylation is 2. The average Bonchev–Trinajstić information content (AvgIpc) is 2.86. The van der Waals surface area contributed by atoms with Crippen molar-refractivity contribution in [1.29, 1.82) is 0 Å². The van der Waals surface area contributed by atoms with E-state index >= 15 is 0 Å². The van der Waals surface area contributed by atoms with Gasteiger partial charge in [0, 0.05) is 17.3 Å². The van der Waals surface area contributed by atoms with Crippen molar-refractivity contribution >= 4 is 13.9 Å². The zero-order valence-electron chi connectivity index (χ0n) is 22.1. The van der Waals surface area contributed by atoms with Crippen LogP contribution < -0.4 is 10.0 Å². The molecule has 1 heterocycles. The van der Waals surface area contributed by atoms with Gasteiger partial charge in [-0.15, -0.1) is 0 Å². The summed E-state index contributed by atoms with van der Waals surface area (Å²) in [6.45, 7) is 13.4. The molecule has 1 aliphatic heterocycles. The molecule has 0 aliphatic carbocycles. The number of piperidine rings is 1. The normalized spacial score (nSPS) is 16.5. The minimum Gasteiger partial charge on any atom is -0.489 e. The van der Waals surface area contributed by atoms with E-state index in [1.165, 1.54) is 65.5 Å². The topological polar surface area (TPSA) is 12.5 Å².